The quantitative estimate of drug-likeness (QED) is 0.530. The molecule has 0 fully saturated rings. The third-order valence-electron chi connectivity index (χ3n) is 4.79. The molecule has 4 rings (SSSR count). The fourth-order valence-corrected chi connectivity index (χ4v) is 3.27. The Morgan fingerprint density at radius 2 is 2.07 bits per heavy atom. The number of hydrogen-bond acceptors (Lipinski definition) is 4. The monoisotopic (exact) mass is 409 g/mol. The van der Waals surface area contributed by atoms with E-state index in [0.29, 0.717) is 22.0 Å². The lowest BCUT2D eigenvalue weighted by atomic mass is 10.1. The number of fused-ring (bicyclic) bond motifs is 1. The second kappa shape index (κ2) is 7.86. The molecule has 4 aromatic rings. The zero-order chi connectivity index (χ0) is 21.3. The van der Waals surface area contributed by atoms with Crippen LogP contribution in [-0.2, 0) is 6.54 Å². The minimum atomic E-state index is -2.71. The zero-order valence-electron chi connectivity index (χ0n) is 15.9. The first-order valence-corrected chi connectivity index (χ1v) is 9.10. The van der Waals surface area contributed by atoms with Crippen molar-refractivity contribution in [3.63, 3.8) is 0 Å². The number of nitrogens with zero attached hydrogens (tertiary/aromatic N) is 3. The van der Waals surface area contributed by atoms with Crippen molar-refractivity contribution in [3.8, 4) is 11.3 Å². The predicted octanol–water partition coefficient (Wildman–Crippen LogP) is 3.13. The largest absolute Gasteiger partial charge is 0.355 e. The molecular weight excluding hydrogens is 392 g/mol. The highest BCUT2D eigenvalue weighted by atomic mass is 19.3. The molecule has 3 aromatic heterocycles. The molecule has 2 N–H and O–H groups in total. The van der Waals surface area contributed by atoms with Crippen LogP contribution in [0.15, 0.2) is 59.8 Å². The average molecular weight is 409 g/mol. The highest BCUT2D eigenvalue weighted by Gasteiger charge is 2.18. The van der Waals surface area contributed by atoms with Crippen molar-refractivity contribution < 1.29 is 13.6 Å². The molecule has 0 unspecified atom stereocenters. The second-order valence-corrected chi connectivity index (χ2v) is 6.68. The topological polar surface area (TPSA) is 92.7 Å². The van der Waals surface area contributed by atoms with Gasteiger partial charge in [-0.1, -0.05) is 12.1 Å². The van der Waals surface area contributed by atoms with Crippen LogP contribution in [-0.4, -0.2) is 32.7 Å². The third-order valence-corrected chi connectivity index (χ3v) is 4.79. The summed E-state index contributed by atoms with van der Waals surface area (Å²) in [4.78, 5) is 28.9. The number of nitrogens with one attached hydrogen (secondary N) is 2. The summed E-state index contributed by atoms with van der Waals surface area (Å²) in [7, 11) is 1.55. The van der Waals surface area contributed by atoms with Gasteiger partial charge < -0.3 is 9.88 Å². The molecule has 7 nitrogen and oxygen atoms in total. The van der Waals surface area contributed by atoms with E-state index in [-0.39, 0.29) is 29.3 Å². The van der Waals surface area contributed by atoms with Crippen LogP contribution < -0.4 is 10.9 Å². The molecule has 0 saturated heterocycles. The van der Waals surface area contributed by atoms with E-state index in [2.05, 4.69) is 20.5 Å². The van der Waals surface area contributed by atoms with Crippen LogP contribution in [0.1, 0.15) is 28.0 Å². The van der Waals surface area contributed by atoms with Crippen molar-refractivity contribution in [1.29, 1.82) is 0 Å². The van der Waals surface area contributed by atoms with Gasteiger partial charge in [0.15, 0.2) is 0 Å². The molecule has 0 radical (unpaired) electrons. The highest BCUT2D eigenvalue weighted by molar-refractivity contribution is 5.94. The van der Waals surface area contributed by atoms with Gasteiger partial charge in [-0.3, -0.25) is 19.7 Å². The summed E-state index contributed by atoms with van der Waals surface area (Å²) < 4.78 is 27.7. The van der Waals surface area contributed by atoms with Gasteiger partial charge in [-0.15, -0.1) is 0 Å². The Morgan fingerprint density at radius 1 is 1.23 bits per heavy atom. The van der Waals surface area contributed by atoms with Crippen LogP contribution in [0.3, 0.4) is 0 Å². The van der Waals surface area contributed by atoms with Crippen molar-refractivity contribution >= 4 is 16.7 Å². The number of amides is 1. The number of carbonyl (C=O) groups excluding carboxylic acids is 1. The Bertz CT molecular complexity index is 1300. The van der Waals surface area contributed by atoms with Gasteiger partial charge >= 0.3 is 0 Å². The van der Waals surface area contributed by atoms with E-state index in [0.717, 1.165) is 5.56 Å². The molecule has 0 aliphatic carbocycles. The van der Waals surface area contributed by atoms with Gasteiger partial charge in [0, 0.05) is 30.6 Å². The zero-order valence-corrected chi connectivity index (χ0v) is 15.9. The number of halogens is 2. The van der Waals surface area contributed by atoms with Crippen LogP contribution >= 0.6 is 0 Å². The van der Waals surface area contributed by atoms with Crippen LogP contribution in [0.25, 0.3) is 22.0 Å². The molecule has 0 aliphatic heterocycles. The van der Waals surface area contributed by atoms with Crippen LogP contribution in [0.2, 0.25) is 0 Å². The summed E-state index contributed by atoms with van der Waals surface area (Å²) in [6, 6.07) is 10.3. The fraction of sp³-hybridized carbons (Fsp3) is 0.143. The summed E-state index contributed by atoms with van der Waals surface area (Å²) >= 11 is 0. The standard InChI is InChI=1S/C21H17F2N5O2/c1-24-20(29)14-4-2-3-12(7-14)11-28-6-5-13-8-17(25-9-15(13)21(28)30)16-10-26-27-18(16)19(22)23/h2-10,19H,11H2,1H3,(H,24,29)(H,26,27). The van der Waals surface area contributed by atoms with E-state index in [4.69, 9.17) is 0 Å². The lowest BCUT2D eigenvalue weighted by Gasteiger charge is -2.09. The summed E-state index contributed by atoms with van der Waals surface area (Å²) in [5, 5.41) is 9.46. The lowest BCUT2D eigenvalue weighted by molar-refractivity contribution is 0.0963. The number of alkyl halides is 2. The Labute approximate surface area is 169 Å². The molecule has 0 saturated carbocycles. The van der Waals surface area contributed by atoms with Crippen molar-refractivity contribution in [2.75, 3.05) is 7.05 Å². The number of aromatic nitrogens is 4. The molecule has 0 bridgehead atoms. The summed E-state index contributed by atoms with van der Waals surface area (Å²) in [5.74, 6) is -0.207. The first kappa shape index (κ1) is 19.4. The van der Waals surface area contributed by atoms with Gasteiger partial charge in [0.05, 0.1) is 23.8 Å². The second-order valence-electron chi connectivity index (χ2n) is 6.68. The first-order chi connectivity index (χ1) is 14.5. The minimum Gasteiger partial charge on any atom is -0.355 e. The van der Waals surface area contributed by atoms with Crippen LogP contribution in [0.5, 0.6) is 0 Å². The molecule has 3 heterocycles. The molecule has 0 spiro atoms. The first-order valence-electron chi connectivity index (χ1n) is 9.10. The number of hydrogen-bond donors (Lipinski definition) is 2. The maximum absolute atomic E-state index is 13.1. The van der Waals surface area contributed by atoms with Crippen molar-refractivity contribution in [2.45, 2.75) is 13.0 Å². The molecule has 30 heavy (non-hydrogen) atoms. The Kier molecular flexibility index (Phi) is 5.09. The van der Waals surface area contributed by atoms with Gasteiger partial charge in [0.2, 0.25) is 0 Å². The molecule has 9 heteroatoms. The molecule has 1 aromatic carbocycles. The number of pyridine rings is 2. The average Bonchev–Trinajstić information content (AvgIpc) is 3.25. The molecule has 152 valence electrons. The molecule has 0 atom stereocenters. The minimum absolute atomic E-state index is 0.196. The van der Waals surface area contributed by atoms with Gasteiger partial charge in [-0.25, -0.2) is 8.78 Å². The van der Waals surface area contributed by atoms with E-state index in [1.165, 1.54) is 17.0 Å². The Morgan fingerprint density at radius 3 is 2.83 bits per heavy atom. The van der Waals surface area contributed by atoms with E-state index in [1.807, 2.05) is 6.07 Å². The highest BCUT2D eigenvalue weighted by Crippen LogP contribution is 2.29. The van der Waals surface area contributed by atoms with Gasteiger partial charge in [0.1, 0.15) is 5.69 Å². The smallest absolute Gasteiger partial charge is 0.280 e. The molecular formula is C21H17F2N5O2. The number of carbonyl (C=O) groups is 1. The Balaban J connectivity index is 1.69. The normalized spacial score (nSPS) is 11.2. The van der Waals surface area contributed by atoms with Crippen molar-refractivity contribution in [1.82, 2.24) is 25.1 Å². The lowest BCUT2D eigenvalue weighted by Crippen LogP contribution is -2.21. The fourth-order valence-electron chi connectivity index (χ4n) is 3.27. The summed E-state index contributed by atoms with van der Waals surface area (Å²) in [5.41, 5.74) is 1.22. The number of benzene rings is 1. The molecule has 1 amide bonds. The van der Waals surface area contributed by atoms with E-state index in [1.54, 1.807) is 43.6 Å². The maximum Gasteiger partial charge on any atom is 0.280 e. The summed E-state index contributed by atoms with van der Waals surface area (Å²) in [6.07, 6.45) is 1.59. The summed E-state index contributed by atoms with van der Waals surface area (Å²) in [6.45, 7) is 0.276. The Hall–Kier alpha value is -3.88. The SMILES string of the molecule is CNC(=O)c1cccc(Cn2ccc3cc(-c4cn[nH]c4C(F)F)ncc3c2=O)c1. The number of rotatable bonds is 5. The van der Waals surface area contributed by atoms with E-state index < -0.39 is 6.43 Å². The molecule has 0 aliphatic rings. The van der Waals surface area contributed by atoms with E-state index >= 15 is 0 Å². The predicted molar refractivity (Wildman–Crippen MR) is 107 cm³/mol. The third kappa shape index (κ3) is 3.57. The van der Waals surface area contributed by atoms with Gasteiger partial charge in [-0.2, -0.15) is 5.10 Å². The number of aromatic amines is 1. The van der Waals surface area contributed by atoms with Crippen molar-refractivity contribution in [3.05, 3.63) is 82.2 Å². The van der Waals surface area contributed by atoms with E-state index in [9.17, 15) is 18.4 Å². The van der Waals surface area contributed by atoms with Crippen molar-refractivity contribution in [2.24, 2.45) is 0 Å². The maximum atomic E-state index is 13.1. The van der Waals surface area contributed by atoms with Gasteiger partial charge in [-0.05, 0) is 35.2 Å². The van der Waals surface area contributed by atoms with Crippen LogP contribution in [0.4, 0.5) is 8.78 Å². The van der Waals surface area contributed by atoms with Gasteiger partial charge in [0.25, 0.3) is 17.9 Å². The van der Waals surface area contributed by atoms with Crippen LogP contribution in [0, 0.1) is 0 Å². The number of H-pyrrole nitrogens is 1.